The van der Waals surface area contributed by atoms with Crippen LogP contribution in [-0.2, 0) is 22.9 Å². The molecule has 29 heavy (non-hydrogen) atoms. The second kappa shape index (κ2) is 9.21. The first-order valence-corrected chi connectivity index (χ1v) is 10.9. The Kier molecular flexibility index (Phi) is 6.68. The highest BCUT2D eigenvalue weighted by molar-refractivity contribution is 7.89. The lowest BCUT2D eigenvalue weighted by atomic mass is 10.1. The van der Waals surface area contributed by atoms with E-state index in [9.17, 15) is 18.4 Å². The molecule has 2 amide bonds. The summed E-state index contributed by atoms with van der Waals surface area (Å²) in [6.45, 7) is 0.918. The SMILES string of the molecule is NC(=O)N(O)C/C=C/c1ccc2c(c1)CCN(CCCc1ccccc1)S2(=O)=O. The number of hydrogen-bond acceptors (Lipinski definition) is 4. The maximum Gasteiger partial charge on any atom is 0.338 e. The molecule has 0 fully saturated rings. The average Bonchev–Trinajstić information content (AvgIpc) is 2.70. The summed E-state index contributed by atoms with van der Waals surface area (Å²) in [5, 5.41) is 9.66. The third kappa shape index (κ3) is 5.23. The second-order valence-electron chi connectivity index (χ2n) is 6.93. The fourth-order valence-electron chi connectivity index (χ4n) is 3.37. The highest BCUT2D eigenvalue weighted by Crippen LogP contribution is 2.28. The first-order chi connectivity index (χ1) is 13.9. The summed E-state index contributed by atoms with van der Waals surface area (Å²) in [6.07, 6.45) is 5.56. The van der Waals surface area contributed by atoms with Crippen LogP contribution in [0.3, 0.4) is 0 Å². The Bertz CT molecular complexity index is 990. The van der Waals surface area contributed by atoms with Crippen molar-refractivity contribution in [3.63, 3.8) is 0 Å². The van der Waals surface area contributed by atoms with E-state index >= 15 is 0 Å². The number of primary amides is 1. The molecule has 0 saturated heterocycles. The number of aryl methyl sites for hydroxylation is 1. The number of hydrogen-bond donors (Lipinski definition) is 2. The van der Waals surface area contributed by atoms with Crippen molar-refractivity contribution in [3.8, 4) is 0 Å². The van der Waals surface area contributed by atoms with Crippen molar-refractivity contribution in [2.45, 2.75) is 24.2 Å². The number of benzene rings is 2. The molecule has 0 unspecified atom stereocenters. The third-order valence-corrected chi connectivity index (χ3v) is 6.89. The molecule has 0 spiro atoms. The molecule has 7 nitrogen and oxygen atoms in total. The van der Waals surface area contributed by atoms with Crippen molar-refractivity contribution in [1.29, 1.82) is 0 Å². The molecule has 0 radical (unpaired) electrons. The molecule has 1 heterocycles. The minimum Gasteiger partial charge on any atom is -0.350 e. The number of rotatable bonds is 7. The van der Waals surface area contributed by atoms with Crippen molar-refractivity contribution >= 4 is 22.1 Å². The van der Waals surface area contributed by atoms with E-state index in [4.69, 9.17) is 5.73 Å². The van der Waals surface area contributed by atoms with Crippen LogP contribution in [0, 0.1) is 0 Å². The number of sulfonamides is 1. The Hall–Kier alpha value is -2.68. The number of nitrogens with zero attached hydrogens (tertiary/aromatic N) is 2. The highest BCUT2D eigenvalue weighted by atomic mass is 32.2. The maximum absolute atomic E-state index is 13.0. The number of urea groups is 1. The summed E-state index contributed by atoms with van der Waals surface area (Å²) in [5.74, 6) is 0. The number of fused-ring (bicyclic) bond motifs is 1. The van der Waals surface area contributed by atoms with Crippen LogP contribution in [0.5, 0.6) is 0 Å². The van der Waals surface area contributed by atoms with Crippen LogP contribution in [0.4, 0.5) is 4.79 Å². The largest absolute Gasteiger partial charge is 0.350 e. The molecule has 2 aromatic carbocycles. The first-order valence-electron chi connectivity index (χ1n) is 9.47. The quantitative estimate of drug-likeness (QED) is 0.536. The number of amides is 2. The molecule has 0 atom stereocenters. The van der Waals surface area contributed by atoms with Crippen LogP contribution >= 0.6 is 0 Å². The molecule has 2 aromatic rings. The monoisotopic (exact) mass is 415 g/mol. The minimum absolute atomic E-state index is 0.0418. The maximum atomic E-state index is 13.0. The van der Waals surface area contributed by atoms with Gasteiger partial charge in [-0.1, -0.05) is 54.6 Å². The summed E-state index contributed by atoms with van der Waals surface area (Å²) in [5.41, 5.74) is 7.73. The van der Waals surface area contributed by atoms with Gasteiger partial charge in [0.15, 0.2) is 0 Å². The Balaban J connectivity index is 1.64. The predicted octanol–water partition coefficient (Wildman–Crippen LogP) is 2.65. The zero-order valence-electron chi connectivity index (χ0n) is 16.1. The topological polar surface area (TPSA) is 104 Å². The van der Waals surface area contributed by atoms with Gasteiger partial charge >= 0.3 is 6.03 Å². The molecule has 0 aliphatic carbocycles. The molecular weight excluding hydrogens is 390 g/mol. The van der Waals surface area contributed by atoms with Gasteiger partial charge in [-0.25, -0.2) is 18.3 Å². The normalized spacial score (nSPS) is 15.9. The molecule has 154 valence electrons. The molecule has 3 N–H and O–H groups in total. The van der Waals surface area contributed by atoms with Crippen LogP contribution in [0.15, 0.2) is 59.5 Å². The van der Waals surface area contributed by atoms with Gasteiger partial charge in [0.2, 0.25) is 10.0 Å². The van der Waals surface area contributed by atoms with E-state index in [1.807, 2.05) is 24.3 Å². The van der Waals surface area contributed by atoms with E-state index in [0.717, 1.165) is 24.0 Å². The molecule has 3 rings (SSSR count). The van der Waals surface area contributed by atoms with E-state index < -0.39 is 16.1 Å². The lowest BCUT2D eigenvalue weighted by Crippen LogP contribution is -2.38. The molecule has 8 heteroatoms. The van der Waals surface area contributed by atoms with Gasteiger partial charge in [-0.3, -0.25) is 5.21 Å². The van der Waals surface area contributed by atoms with Crippen LogP contribution in [0.2, 0.25) is 0 Å². The van der Waals surface area contributed by atoms with Crippen molar-refractivity contribution in [1.82, 2.24) is 9.37 Å². The second-order valence-corrected chi connectivity index (χ2v) is 8.84. The lowest BCUT2D eigenvalue weighted by molar-refractivity contribution is -0.0286. The highest BCUT2D eigenvalue weighted by Gasteiger charge is 2.30. The summed E-state index contributed by atoms with van der Waals surface area (Å²) in [4.78, 5) is 11.1. The van der Waals surface area contributed by atoms with Crippen LogP contribution in [-0.4, -0.2) is 48.7 Å². The van der Waals surface area contributed by atoms with E-state index in [1.165, 1.54) is 5.56 Å². The number of carbonyl (C=O) groups excluding carboxylic acids is 1. The summed E-state index contributed by atoms with van der Waals surface area (Å²) in [7, 11) is -3.50. The molecule has 1 aliphatic heterocycles. The first kappa shape index (κ1) is 21.0. The smallest absolute Gasteiger partial charge is 0.338 e. The zero-order chi connectivity index (χ0) is 20.9. The van der Waals surface area contributed by atoms with Gasteiger partial charge in [0.05, 0.1) is 11.4 Å². The van der Waals surface area contributed by atoms with E-state index in [1.54, 1.807) is 28.6 Å². The van der Waals surface area contributed by atoms with E-state index in [0.29, 0.717) is 29.5 Å². The van der Waals surface area contributed by atoms with Gasteiger partial charge in [-0.2, -0.15) is 4.31 Å². The van der Waals surface area contributed by atoms with Crippen LogP contribution in [0.25, 0.3) is 6.08 Å². The van der Waals surface area contributed by atoms with E-state index in [2.05, 4.69) is 12.1 Å². The molecule has 0 aromatic heterocycles. The molecule has 1 aliphatic rings. The zero-order valence-corrected chi connectivity index (χ0v) is 16.9. The molecule has 0 bridgehead atoms. The standard InChI is InChI=1S/C21H25N3O4S/c22-21(25)24(26)14-5-9-18-10-11-20-19(16-18)12-15-23(29(20,27)28)13-4-8-17-6-2-1-3-7-17/h1-3,5-7,9-11,16,26H,4,8,12-15H2,(H2,22,25)/b9-5+. The van der Waals surface area contributed by atoms with Crippen molar-refractivity contribution in [2.24, 2.45) is 5.73 Å². The van der Waals surface area contributed by atoms with E-state index in [-0.39, 0.29) is 6.54 Å². The predicted molar refractivity (Wildman–Crippen MR) is 111 cm³/mol. The van der Waals surface area contributed by atoms with Gasteiger partial charge in [-0.15, -0.1) is 0 Å². The van der Waals surface area contributed by atoms with Crippen LogP contribution < -0.4 is 5.73 Å². The van der Waals surface area contributed by atoms with Gasteiger partial charge < -0.3 is 5.73 Å². The molecular formula is C21H25N3O4S. The van der Waals surface area contributed by atoms with Crippen molar-refractivity contribution in [2.75, 3.05) is 19.6 Å². The van der Waals surface area contributed by atoms with Gasteiger partial charge in [-0.05, 0) is 42.0 Å². The van der Waals surface area contributed by atoms with Crippen molar-refractivity contribution in [3.05, 3.63) is 71.3 Å². The number of hydroxylamine groups is 2. The summed E-state index contributed by atoms with van der Waals surface area (Å²) < 4.78 is 27.5. The van der Waals surface area contributed by atoms with Gasteiger partial charge in [0.1, 0.15) is 0 Å². The third-order valence-electron chi connectivity index (χ3n) is 4.89. The Morgan fingerprint density at radius 2 is 1.97 bits per heavy atom. The van der Waals surface area contributed by atoms with Gasteiger partial charge in [0.25, 0.3) is 0 Å². The fourth-order valence-corrected chi connectivity index (χ4v) is 5.08. The Morgan fingerprint density at radius 1 is 1.21 bits per heavy atom. The Labute approximate surface area is 171 Å². The van der Waals surface area contributed by atoms with Crippen molar-refractivity contribution < 1.29 is 18.4 Å². The minimum atomic E-state index is -3.50. The Morgan fingerprint density at radius 3 is 2.69 bits per heavy atom. The summed E-state index contributed by atoms with van der Waals surface area (Å²) >= 11 is 0. The summed E-state index contributed by atoms with van der Waals surface area (Å²) in [6, 6.07) is 14.3. The number of carbonyl (C=O) groups is 1. The molecule has 0 saturated carbocycles. The lowest BCUT2D eigenvalue weighted by Gasteiger charge is -2.28. The fraction of sp³-hybridized carbons (Fsp3) is 0.286. The number of nitrogens with two attached hydrogens (primary N) is 1. The average molecular weight is 416 g/mol. The van der Waals surface area contributed by atoms with Crippen LogP contribution in [0.1, 0.15) is 23.1 Å². The van der Waals surface area contributed by atoms with Gasteiger partial charge in [0, 0.05) is 13.1 Å².